The Morgan fingerprint density at radius 3 is 2.52 bits per heavy atom. The quantitative estimate of drug-likeness (QED) is 0.790. The normalized spacial score (nSPS) is 26.0. The summed E-state index contributed by atoms with van der Waals surface area (Å²) in [4.78, 5) is 26.0. The first-order valence-corrected chi connectivity index (χ1v) is 11.6. The van der Waals surface area contributed by atoms with E-state index in [0.717, 1.165) is 0 Å². The van der Waals surface area contributed by atoms with Crippen LogP contribution >= 0.6 is 0 Å². The average molecular weight is 371 g/mol. The van der Waals surface area contributed by atoms with Crippen molar-refractivity contribution in [3.63, 3.8) is 0 Å². The van der Waals surface area contributed by atoms with Crippen molar-refractivity contribution in [2.24, 2.45) is 0 Å². The molecule has 0 aliphatic carbocycles. The molecule has 1 saturated heterocycles. The van der Waals surface area contributed by atoms with Crippen LogP contribution in [0.4, 0.5) is 0 Å². The number of nitrogens with one attached hydrogen (secondary N) is 1. The summed E-state index contributed by atoms with van der Waals surface area (Å²) < 4.78 is 13.8. The molecule has 2 rings (SSSR count). The van der Waals surface area contributed by atoms with E-state index in [-0.39, 0.29) is 11.1 Å². The van der Waals surface area contributed by atoms with E-state index in [4.69, 9.17) is 9.16 Å². The first-order valence-electron chi connectivity index (χ1n) is 8.67. The van der Waals surface area contributed by atoms with Gasteiger partial charge in [-0.05, 0) is 32.0 Å². The standard InChI is InChI=1S/C17H30N2O5Si/c1-10-9-19(16(22)18-15(10)21)13-8-12(14(23-13)11(2)20)24-25(6,7)17(3,4)5/h9,11-14,20H,8H2,1-7H3,(H,18,21,22)/t11-,12?,13+,14+/m0/s1. The Bertz CT molecular complexity index is 732. The maximum atomic E-state index is 12.1. The van der Waals surface area contributed by atoms with Crippen LogP contribution in [0.25, 0.3) is 0 Å². The molecule has 25 heavy (non-hydrogen) atoms. The summed E-state index contributed by atoms with van der Waals surface area (Å²) >= 11 is 0. The van der Waals surface area contributed by atoms with Gasteiger partial charge in [-0.3, -0.25) is 14.3 Å². The summed E-state index contributed by atoms with van der Waals surface area (Å²) in [6, 6.07) is 0. The molecule has 142 valence electrons. The first-order chi connectivity index (χ1) is 11.3. The molecule has 8 heteroatoms. The van der Waals surface area contributed by atoms with E-state index in [9.17, 15) is 14.7 Å². The molecule has 1 fully saturated rings. The van der Waals surface area contributed by atoms with Gasteiger partial charge in [0.2, 0.25) is 0 Å². The zero-order chi connectivity index (χ0) is 19.2. The highest BCUT2D eigenvalue weighted by Crippen LogP contribution is 2.41. The van der Waals surface area contributed by atoms with Gasteiger partial charge in [0, 0.05) is 18.2 Å². The second kappa shape index (κ2) is 6.83. The zero-order valence-corrected chi connectivity index (χ0v) is 17.1. The molecule has 0 aromatic carbocycles. The number of aliphatic hydroxyl groups is 1. The van der Waals surface area contributed by atoms with Crippen LogP contribution in [0.2, 0.25) is 18.1 Å². The SMILES string of the molecule is Cc1cn([C@H]2CC(O[Si](C)(C)C(C)(C)C)[C@@H]([C@H](C)O)O2)c(=O)[nH]c1=O. The molecule has 1 aliphatic heterocycles. The van der Waals surface area contributed by atoms with Crippen LogP contribution in [0.15, 0.2) is 15.8 Å². The number of aliphatic hydroxyl groups excluding tert-OH is 1. The lowest BCUT2D eigenvalue weighted by Crippen LogP contribution is -2.47. The van der Waals surface area contributed by atoms with Crippen LogP contribution in [0, 0.1) is 6.92 Å². The summed E-state index contributed by atoms with van der Waals surface area (Å²) in [7, 11) is -2.06. The Hall–Kier alpha value is -1.22. The Balaban J connectivity index is 2.31. The molecule has 7 nitrogen and oxygen atoms in total. The fraction of sp³-hybridized carbons (Fsp3) is 0.765. The molecule has 0 saturated carbocycles. The van der Waals surface area contributed by atoms with Gasteiger partial charge in [-0.1, -0.05) is 20.8 Å². The van der Waals surface area contributed by atoms with Gasteiger partial charge in [0.05, 0.1) is 12.2 Å². The number of ether oxygens (including phenoxy) is 1. The number of nitrogens with zero attached hydrogens (tertiary/aromatic N) is 1. The maximum absolute atomic E-state index is 12.1. The molecule has 0 radical (unpaired) electrons. The van der Waals surface area contributed by atoms with Crippen LogP contribution in [-0.4, -0.2) is 41.3 Å². The molecule has 0 spiro atoms. The van der Waals surface area contributed by atoms with Crippen LogP contribution in [0.3, 0.4) is 0 Å². The van der Waals surface area contributed by atoms with Crippen molar-refractivity contribution in [3.05, 3.63) is 32.6 Å². The van der Waals surface area contributed by atoms with Crippen molar-refractivity contribution >= 4 is 8.32 Å². The molecule has 2 N–H and O–H groups in total. The van der Waals surface area contributed by atoms with Gasteiger partial charge in [0.15, 0.2) is 8.32 Å². The van der Waals surface area contributed by atoms with E-state index in [1.165, 1.54) is 10.8 Å². The smallest absolute Gasteiger partial charge is 0.330 e. The number of aryl methyl sites for hydroxylation is 1. The van der Waals surface area contributed by atoms with Crippen LogP contribution in [-0.2, 0) is 9.16 Å². The Morgan fingerprint density at radius 1 is 1.40 bits per heavy atom. The Kier molecular flexibility index (Phi) is 5.49. The van der Waals surface area contributed by atoms with E-state index >= 15 is 0 Å². The van der Waals surface area contributed by atoms with Crippen molar-refractivity contribution < 1.29 is 14.3 Å². The molecule has 4 atom stereocenters. The fourth-order valence-electron chi connectivity index (χ4n) is 2.73. The third-order valence-electron chi connectivity index (χ3n) is 5.30. The lowest BCUT2D eigenvalue weighted by atomic mass is 10.1. The largest absolute Gasteiger partial charge is 0.411 e. The lowest BCUT2D eigenvalue weighted by Gasteiger charge is -2.39. The first kappa shape index (κ1) is 20.1. The number of aromatic nitrogens is 2. The summed E-state index contributed by atoms with van der Waals surface area (Å²) in [5.74, 6) is 0. The van der Waals surface area contributed by atoms with E-state index in [2.05, 4.69) is 38.8 Å². The minimum absolute atomic E-state index is 0.0275. The van der Waals surface area contributed by atoms with Gasteiger partial charge < -0.3 is 14.3 Å². The molecular formula is C17H30N2O5Si. The highest BCUT2D eigenvalue weighted by molar-refractivity contribution is 6.74. The second-order valence-electron chi connectivity index (χ2n) is 8.43. The van der Waals surface area contributed by atoms with E-state index in [0.29, 0.717) is 12.0 Å². The van der Waals surface area contributed by atoms with Gasteiger partial charge in [-0.25, -0.2) is 4.79 Å². The van der Waals surface area contributed by atoms with Crippen LogP contribution < -0.4 is 11.2 Å². The fourth-order valence-corrected chi connectivity index (χ4v) is 4.07. The van der Waals surface area contributed by atoms with Crippen molar-refractivity contribution in [2.75, 3.05) is 0 Å². The minimum atomic E-state index is -2.06. The highest BCUT2D eigenvalue weighted by atomic mass is 28.4. The number of hydrogen-bond acceptors (Lipinski definition) is 5. The van der Waals surface area contributed by atoms with Crippen molar-refractivity contribution in [2.45, 2.75) is 83.7 Å². The van der Waals surface area contributed by atoms with Crippen molar-refractivity contribution in [1.82, 2.24) is 9.55 Å². The number of H-pyrrole nitrogens is 1. The molecule has 0 bridgehead atoms. The summed E-state index contributed by atoms with van der Waals surface area (Å²) in [5, 5.41) is 10.1. The van der Waals surface area contributed by atoms with Gasteiger partial charge in [0.25, 0.3) is 5.56 Å². The maximum Gasteiger partial charge on any atom is 0.330 e. The number of aromatic amines is 1. The average Bonchev–Trinajstić information content (AvgIpc) is 2.84. The minimum Gasteiger partial charge on any atom is -0.411 e. The molecule has 1 aromatic heterocycles. The predicted octanol–water partition coefficient (Wildman–Crippen LogP) is 1.90. The lowest BCUT2D eigenvalue weighted by molar-refractivity contribution is -0.0750. The topological polar surface area (TPSA) is 93.6 Å². The Morgan fingerprint density at radius 2 is 2.00 bits per heavy atom. The van der Waals surface area contributed by atoms with E-state index < -0.39 is 38.0 Å². The van der Waals surface area contributed by atoms with Crippen molar-refractivity contribution in [3.8, 4) is 0 Å². The second-order valence-corrected chi connectivity index (χ2v) is 13.2. The third-order valence-corrected chi connectivity index (χ3v) is 9.80. The molecule has 1 unspecified atom stereocenters. The summed E-state index contributed by atoms with van der Waals surface area (Å²) in [5.41, 5.74) is -0.483. The van der Waals surface area contributed by atoms with Crippen LogP contribution in [0.1, 0.15) is 45.9 Å². The van der Waals surface area contributed by atoms with Crippen molar-refractivity contribution in [1.29, 1.82) is 0 Å². The molecular weight excluding hydrogens is 340 g/mol. The Labute approximate surface area is 149 Å². The zero-order valence-electron chi connectivity index (χ0n) is 16.1. The van der Waals surface area contributed by atoms with Crippen LogP contribution in [0.5, 0.6) is 0 Å². The summed E-state index contributed by atoms with van der Waals surface area (Å²) in [6.07, 6.45) is -0.160. The van der Waals surface area contributed by atoms with Gasteiger partial charge >= 0.3 is 5.69 Å². The molecule has 2 heterocycles. The highest BCUT2D eigenvalue weighted by Gasteiger charge is 2.46. The molecule has 0 amide bonds. The van der Waals surface area contributed by atoms with Gasteiger partial charge in [0.1, 0.15) is 12.3 Å². The molecule has 1 aliphatic rings. The van der Waals surface area contributed by atoms with E-state index in [1.54, 1.807) is 13.8 Å². The molecule has 1 aromatic rings. The number of rotatable bonds is 4. The van der Waals surface area contributed by atoms with E-state index in [1.807, 2.05) is 0 Å². The third kappa shape index (κ3) is 4.13. The van der Waals surface area contributed by atoms with Gasteiger partial charge in [-0.2, -0.15) is 0 Å². The summed E-state index contributed by atoms with van der Waals surface area (Å²) in [6.45, 7) is 14.1. The monoisotopic (exact) mass is 370 g/mol. The number of hydrogen-bond donors (Lipinski definition) is 2. The van der Waals surface area contributed by atoms with Gasteiger partial charge in [-0.15, -0.1) is 0 Å². The predicted molar refractivity (Wildman–Crippen MR) is 98.3 cm³/mol.